The van der Waals surface area contributed by atoms with Gasteiger partial charge in [0.05, 0.1) is 18.2 Å². The van der Waals surface area contributed by atoms with Crippen LogP contribution in [0.4, 0.5) is 0 Å². The highest BCUT2D eigenvalue weighted by molar-refractivity contribution is 5.97. The summed E-state index contributed by atoms with van der Waals surface area (Å²) in [4.78, 5) is 37.0. The maximum Gasteiger partial charge on any atom is 0.337 e. The summed E-state index contributed by atoms with van der Waals surface area (Å²) in [5, 5.41) is 2.80. The van der Waals surface area contributed by atoms with Gasteiger partial charge in [0.2, 0.25) is 0 Å². The topological polar surface area (TPSA) is 84.9 Å². The van der Waals surface area contributed by atoms with Crippen molar-refractivity contribution in [1.82, 2.24) is 10.2 Å². The molecule has 2 aromatic rings. The molecule has 0 saturated carbocycles. The number of nitrogens with zero attached hydrogens (tertiary/aromatic N) is 1. The Hall–Kier alpha value is -3.35. The fraction of sp³-hybridized carbons (Fsp3) is 0.250. The van der Waals surface area contributed by atoms with Crippen LogP contribution in [0.3, 0.4) is 0 Å². The third kappa shape index (κ3) is 5.57. The lowest BCUT2D eigenvalue weighted by molar-refractivity contribution is -0.130. The van der Waals surface area contributed by atoms with Crippen molar-refractivity contribution in [2.24, 2.45) is 0 Å². The van der Waals surface area contributed by atoms with Crippen molar-refractivity contribution in [2.45, 2.75) is 6.54 Å². The quantitative estimate of drug-likeness (QED) is 0.752. The van der Waals surface area contributed by atoms with E-state index in [-0.39, 0.29) is 25.0 Å². The standard InChI is InChI=1S/C20H22N2O5/c1-22(2)18(23)13-27-17-7-5-4-6-16(17)19(24)21-12-14-8-10-15(11-9-14)20(25)26-3/h4-11H,12-13H2,1-3H3,(H,21,24). The Balaban J connectivity index is 1.99. The van der Waals surface area contributed by atoms with Crippen LogP contribution >= 0.6 is 0 Å². The first-order valence-electron chi connectivity index (χ1n) is 8.29. The van der Waals surface area contributed by atoms with Gasteiger partial charge in [-0.2, -0.15) is 0 Å². The zero-order valence-electron chi connectivity index (χ0n) is 15.5. The number of benzene rings is 2. The van der Waals surface area contributed by atoms with Crippen LogP contribution in [0.2, 0.25) is 0 Å². The minimum atomic E-state index is -0.413. The number of carbonyl (C=O) groups excluding carboxylic acids is 3. The molecule has 0 saturated heterocycles. The van der Waals surface area contributed by atoms with Crippen LogP contribution in [0, 0.1) is 0 Å². The van der Waals surface area contributed by atoms with Crippen LogP contribution in [0.15, 0.2) is 48.5 Å². The Kier molecular flexibility index (Phi) is 6.93. The SMILES string of the molecule is COC(=O)c1ccc(CNC(=O)c2ccccc2OCC(=O)N(C)C)cc1. The van der Waals surface area contributed by atoms with Gasteiger partial charge in [-0.05, 0) is 29.8 Å². The van der Waals surface area contributed by atoms with Crippen LogP contribution < -0.4 is 10.1 Å². The lowest BCUT2D eigenvalue weighted by Crippen LogP contribution is -2.28. The first-order chi connectivity index (χ1) is 12.9. The van der Waals surface area contributed by atoms with E-state index in [1.54, 1.807) is 62.6 Å². The molecule has 7 heteroatoms. The molecule has 1 N–H and O–H groups in total. The van der Waals surface area contributed by atoms with Gasteiger partial charge in [-0.1, -0.05) is 24.3 Å². The minimum absolute atomic E-state index is 0.147. The summed E-state index contributed by atoms with van der Waals surface area (Å²) in [6.45, 7) is 0.136. The molecule has 0 heterocycles. The molecule has 0 unspecified atom stereocenters. The first-order valence-corrected chi connectivity index (χ1v) is 8.29. The molecule has 0 aromatic heterocycles. The highest BCUT2D eigenvalue weighted by atomic mass is 16.5. The minimum Gasteiger partial charge on any atom is -0.483 e. The smallest absolute Gasteiger partial charge is 0.337 e. The van der Waals surface area contributed by atoms with Crippen LogP contribution in [0.1, 0.15) is 26.3 Å². The van der Waals surface area contributed by atoms with Gasteiger partial charge in [-0.25, -0.2) is 4.79 Å². The van der Waals surface area contributed by atoms with Crippen molar-refractivity contribution in [2.75, 3.05) is 27.8 Å². The van der Waals surface area contributed by atoms with Gasteiger partial charge in [-0.3, -0.25) is 9.59 Å². The summed E-state index contributed by atoms with van der Waals surface area (Å²) in [5.41, 5.74) is 1.62. The Bertz CT molecular complexity index is 815. The summed E-state index contributed by atoms with van der Waals surface area (Å²) >= 11 is 0. The fourth-order valence-corrected chi connectivity index (χ4v) is 2.20. The number of likely N-dealkylation sites (N-methyl/N-ethyl adjacent to an activating group) is 1. The van der Waals surface area contributed by atoms with Gasteiger partial charge in [0, 0.05) is 20.6 Å². The van der Waals surface area contributed by atoms with E-state index in [1.165, 1.54) is 12.0 Å². The molecule has 27 heavy (non-hydrogen) atoms. The predicted molar refractivity (Wildman–Crippen MR) is 99.6 cm³/mol. The largest absolute Gasteiger partial charge is 0.483 e. The van der Waals surface area contributed by atoms with Crippen LogP contribution in [0.5, 0.6) is 5.75 Å². The molecule has 2 rings (SSSR count). The molecule has 7 nitrogen and oxygen atoms in total. The monoisotopic (exact) mass is 370 g/mol. The number of methoxy groups -OCH3 is 1. The number of carbonyl (C=O) groups is 3. The highest BCUT2D eigenvalue weighted by Gasteiger charge is 2.14. The number of nitrogens with one attached hydrogen (secondary N) is 1. The zero-order valence-corrected chi connectivity index (χ0v) is 15.5. The molecule has 0 radical (unpaired) electrons. The second-order valence-electron chi connectivity index (χ2n) is 5.94. The van der Waals surface area contributed by atoms with Crippen molar-refractivity contribution >= 4 is 17.8 Å². The molecule has 142 valence electrons. The van der Waals surface area contributed by atoms with Gasteiger partial charge in [0.15, 0.2) is 6.61 Å². The number of amides is 2. The molecule has 0 bridgehead atoms. The number of hydrogen-bond acceptors (Lipinski definition) is 5. The van der Waals surface area contributed by atoms with Gasteiger partial charge >= 0.3 is 5.97 Å². The van der Waals surface area contributed by atoms with Crippen LogP contribution in [0.25, 0.3) is 0 Å². The normalized spacial score (nSPS) is 10.0. The van der Waals surface area contributed by atoms with E-state index in [0.717, 1.165) is 5.56 Å². The number of esters is 1. The average molecular weight is 370 g/mol. The molecule has 0 spiro atoms. The summed E-state index contributed by atoms with van der Waals surface area (Å²) < 4.78 is 10.1. The van der Waals surface area contributed by atoms with E-state index in [0.29, 0.717) is 16.9 Å². The second-order valence-corrected chi connectivity index (χ2v) is 5.94. The van der Waals surface area contributed by atoms with E-state index in [9.17, 15) is 14.4 Å². The van der Waals surface area contributed by atoms with Gasteiger partial charge in [0.1, 0.15) is 5.75 Å². The molecule has 0 fully saturated rings. The first kappa shape index (κ1) is 20.0. The zero-order chi connectivity index (χ0) is 19.8. The van der Waals surface area contributed by atoms with Crippen LogP contribution in [-0.4, -0.2) is 50.5 Å². The average Bonchev–Trinajstić information content (AvgIpc) is 2.70. The maximum atomic E-state index is 12.5. The number of hydrogen-bond donors (Lipinski definition) is 1. The molecule has 2 aromatic carbocycles. The number of para-hydroxylation sites is 1. The maximum absolute atomic E-state index is 12.5. The summed E-state index contributed by atoms with van der Waals surface area (Å²) in [5.74, 6) is -0.592. The molecule has 0 aliphatic carbocycles. The van der Waals surface area contributed by atoms with Crippen molar-refractivity contribution in [3.8, 4) is 5.75 Å². The molecule has 0 atom stereocenters. The summed E-state index contributed by atoms with van der Waals surface area (Å²) in [6.07, 6.45) is 0. The molecular formula is C20H22N2O5. The van der Waals surface area contributed by atoms with Crippen LogP contribution in [-0.2, 0) is 16.1 Å². The molecule has 2 amide bonds. The Morgan fingerprint density at radius 3 is 2.30 bits per heavy atom. The van der Waals surface area contributed by atoms with E-state index in [1.807, 2.05) is 0 Å². The van der Waals surface area contributed by atoms with E-state index in [2.05, 4.69) is 10.1 Å². The molecule has 0 aliphatic rings. The predicted octanol–water partition coefficient (Wildman–Crippen LogP) is 1.87. The molecule has 0 aliphatic heterocycles. The summed E-state index contributed by atoms with van der Waals surface area (Å²) in [7, 11) is 4.59. The van der Waals surface area contributed by atoms with E-state index >= 15 is 0 Å². The lowest BCUT2D eigenvalue weighted by Gasteiger charge is -2.14. The summed E-state index contributed by atoms with van der Waals surface area (Å²) in [6, 6.07) is 13.5. The van der Waals surface area contributed by atoms with Crippen molar-refractivity contribution in [1.29, 1.82) is 0 Å². The van der Waals surface area contributed by atoms with Crippen molar-refractivity contribution < 1.29 is 23.9 Å². The third-order valence-electron chi connectivity index (χ3n) is 3.81. The van der Waals surface area contributed by atoms with E-state index in [4.69, 9.17) is 4.74 Å². The lowest BCUT2D eigenvalue weighted by atomic mass is 10.1. The van der Waals surface area contributed by atoms with Crippen molar-refractivity contribution in [3.63, 3.8) is 0 Å². The van der Waals surface area contributed by atoms with E-state index < -0.39 is 5.97 Å². The number of rotatable bonds is 7. The Morgan fingerprint density at radius 2 is 1.67 bits per heavy atom. The molecular weight excluding hydrogens is 348 g/mol. The Labute approximate surface area is 157 Å². The third-order valence-corrected chi connectivity index (χ3v) is 3.81. The van der Waals surface area contributed by atoms with Gasteiger partial charge < -0.3 is 19.7 Å². The van der Waals surface area contributed by atoms with Crippen molar-refractivity contribution in [3.05, 3.63) is 65.2 Å². The number of ether oxygens (including phenoxy) is 2. The van der Waals surface area contributed by atoms with Gasteiger partial charge in [-0.15, -0.1) is 0 Å². The van der Waals surface area contributed by atoms with Gasteiger partial charge in [0.25, 0.3) is 11.8 Å². The Morgan fingerprint density at radius 1 is 1.00 bits per heavy atom. The second kappa shape index (κ2) is 9.38. The fourth-order valence-electron chi connectivity index (χ4n) is 2.20. The highest BCUT2D eigenvalue weighted by Crippen LogP contribution is 2.18.